The molecule has 1 amide bonds. The average Bonchev–Trinajstić information content (AvgIpc) is 2.96. The predicted octanol–water partition coefficient (Wildman–Crippen LogP) is 3.23. The number of hydrogen-bond acceptors (Lipinski definition) is 5. The van der Waals surface area contributed by atoms with Crippen molar-refractivity contribution in [1.29, 1.82) is 0 Å². The van der Waals surface area contributed by atoms with Crippen LogP contribution in [0.2, 0.25) is 0 Å². The van der Waals surface area contributed by atoms with Gasteiger partial charge in [0.2, 0.25) is 5.91 Å². The van der Waals surface area contributed by atoms with Gasteiger partial charge in [0.05, 0.1) is 27.3 Å². The van der Waals surface area contributed by atoms with E-state index in [1.54, 1.807) is 17.1 Å². The van der Waals surface area contributed by atoms with Crippen molar-refractivity contribution in [2.75, 3.05) is 11.9 Å². The molecule has 11 heteroatoms. The lowest BCUT2D eigenvalue weighted by Crippen LogP contribution is -2.15. The molecule has 1 heterocycles. The van der Waals surface area contributed by atoms with Crippen LogP contribution >= 0.6 is 15.9 Å². The quantitative estimate of drug-likeness (QED) is 0.523. The van der Waals surface area contributed by atoms with Crippen LogP contribution in [0.4, 0.5) is 20.2 Å². The second-order valence-corrected chi connectivity index (χ2v) is 5.81. The number of hydrogen-bond donors (Lipinski definition) is 1. The monoisotopic (exact) mass is 418 g/mol. The SMILES string of the molecule is O=C(CCn1cc(Br)cn1)Nc1cc(OCC(F)F)cc([N+](=O)[O-])c1. The van der Waals surface area contributed by atoms with Crippen molar-refractivity contribution < 1.29 is 23.2 Å². The fourth-order valence-corrected chi connectivity index (χ4v) is 2.23. The highest BCUT2D eigenvalue weighted by Gasteiger charge is 2.14. The second kappa shape index (κ2) is 8.51. The van der Waals surface area contributed by atoms with Gasteiger partial charge in [0, 0.05) is 31.3 Å². The van der Waals surface area contributed by atoms with E-state index in [0.29, 0.717) is 6.54 Å². The number of carbonyl (C=O) groups excluding carboxylic acids is 1. The Kier molecular flexibility index (Phi) is 6.39. The highest BCUT2D eigenvalue weighted by atomic mass is 79.9. The molecular weight excluding hydrogens is 406 g/mol. The summed E-state index contributed by atoms with van der Waals surface area (Å²) in [7, 11) is 0. The molecule has 0 fully saturated rings. The zero-order valence-corrected chi connectivity index (χ0v) is 14.3. The van der Waals surface area contributed by atoms with Gasteiger partial charge < -0.3 is 10.1 Å². The number of ether oxygens (including phenoxy) is 1. The molecule has 0 bridgehead atoms. The van der Waals surface area contributed by atoms with Crippen LogP contribution in [0.1, 0.15) is 6.42 Å². The average molecular weight is 419 g/mol. The number of rotatable bonds is 8. The van der Waals surface area contributed by atoms with Gasteiger partial charge in [0.1, 0.15) is 12.4 Å². The third-order valence-electron chi connectivity index (χ3n) is 2.93. The lowest BCUT2D eigenvalue weighted by atomic mass is 10.2. The van der Waals surface area contributed by atoms with Crippen LogP contribution in [-0.4, -0.2) is 33.6 Å². The molecule has 0 aliphatic heterocycles. The number of carbonyl (C=O) groups is 1. The molecule has 2 rings (SSSR count). The van der Waals surface area contributed by atoms with Crippen LogP contribution in [0.5, 0.6) is 5.75 Å². The van der Waals surface area contributed by atoms with Crippen molar-refractivity contribution in [3.05, 3.63) is 45.2 Å². The number of nitrogens with zero attached hydrogens (tertiary/aromatic N) is 3. The first-order chi connectivity index (χ1) is 11.8. The Morgan fingerprint density at radius 2 is 2.20 bits per heavy atom. The van der Waals surface area contributed by atoms with Gasteiger partial charge in [-0.05, 0) is 15.9 Å². The topological polar surface area (TPSA) is 99.3 Å². The van der Waals surface area contributed by atoms with Crippen molar-refractivity contribution >= 4 is 33.2 Å². The maximum atomic E-state index is 12.2. The van der Waals surface area contributed by atoms with E-state index in [4.69, 9.17) is 4.74 Å². The second-order valence-electron chi connectivity index (χ2n) is 4.89. The van der Waals surface area contributed by atoms with Crippen molar-refractivity contribution in [2.45, 2.75) is 19.4 Å². The number of benzene rings is 1. The van der Waals surface area contributed by atoms with Crippen molar-refractivity contribution in [3.8, 4) is 5.75 Å². The van der Waals surface area contributed by atoms with E-state index in [2.05, 4.69) is 26.3 Å². The van der Waals surface area contributed by atoms with Crippen LogP contribution in [0.3, 0.4) is 0 Å². The maximum Gasteiger partial charge on any atom is 0.275 e. The summed E-state index contributed by atoms with van der Waals surface area (Å²) in [5.41, 5.74) is -0.289. The van der Waals surface area contributed by atoms with Gasteiger partial charge in [-0.25, -0.2) is 8.78 Å². The molecule has 0 unspecified atom stereocenters. The maximum absolute atomic E-state index is 12.2. The molecule has 0 aliphatic rings. The molecule has 8 nitrogen and oxygen atoms in total. The molecule has 1 aromatic heterocycles. The summed E-state index contributed by atoms with van der Waals surface area (Å²) in [6, 6.07) is 3.38. The Balaban J connectivity index is 2.03. The third-order valence-corrected chi connectivity index (χ3v) is 3.34. The zero-order valence-electron chi connectivity index (χ0n) is 12.7. The molecule has 0 aliphatic carbocycles. The summed E-state index contributed by atoms with van der Waals surface area (Å²) in [5.74, 6) is -0.535. The summed E-state index contributed by atoms with van der Waals surface area (Å²) in [5, 5.41) is 17.4. The van der Waals surface area contributed by atoms with Crippen LogP contribution in [0, 0.1) is 10.1 Å². The predicted molar refractivity (Wildman–Crippen MR) is 87.8 cm³/mol. The number of amides is 1. The molecule has 1 N–H and O–H groups in total. The summed E-state index contributed by atoms with van der Waals surface area (Å²) < 4.78 is 31.5. The molecular formula is C14H13BrF2N4O4. The Morgan fingerprint density at radius 1 is 1.44 bits per heavy atom. The standard InChI is InChI=1S/C14H13BrF2N4O4/c15-9-6-18-20(7-9)2-1-14(22)19-10-3-11(21(23)24)5-12(4-10)25-8-13(16)17/h3-7,13H,1-2,8H2,(H,19,22). The Labute approximate surface area is 149 Å². The summed E-state index contributed by atoms with van der Waals surface area (Å²) in [6.07, 6.45) is 0.622. The van der Waals surface area contributed by atoms with Crippen LogP contribution < -0.4 is 10.1 Å². The van der Waals surface area contributed by atoms with Crippen molar-refractivity contribution in [3.63, 3.8) is 0 Å². The van der Waals surface area contributed by atoms with Gasteiger partial charge >= 0.3 is 0 Å². The Bertz CT molecular complexity index is 769. The molecule has 0 saturated carbocycles. The van der Waals surface area contributed by atoms with E-state index in [0.717, 1.165) is 16.6 Å². The largest absolute Gasteiger partial charge is 0.487 e. The van der Waals surface area contributed by atoms with Gasteiger partial charge in [-0.15, -0.1) is 0 Å². The van der Waals surface area contributed by atoms with Gasteiger partial charge in [-0.1, -0.05) is 0 Å². The summed E-state index contributed by atoms with van der Waals surface area (Å²) >= 11 is 3.23. The molecule has 25 heavy (non-hydrogen) atoms. The highest BCUT2D eigenvalue weighted by molar-refractivity contribution is 9.10. The van der Waals surface area contributed by atoms with Crippen LogP contribution in [-0.2, 0) is 11.3 Å². The van der Waals surface area contributed by atoms with Gasteiger partial charge in [0.25, 0.3) is 12.1 Å². The number of aromatic nitrogens is 2. The molecule has 0 radical (unpaired) electrons. The number of non-ortho nitro benzene ring substituents is 1. The van der Waals surface area contributed by atoms with Crippen LogP contribution in [0.15, 0.2) is 35.1 Å². The van der Waals surface area contributed by atoms with E-state index in [9.17, 15) is 23.7 Å². The fourth-order valence-electron chi connectivity index (χ4n) is 1.90. The number of nitro benzene ring substituents is 1. The number of anilines is 1. The van der Waals surface area contributed by atoms with Crippen LogP contribution in [0.25, 0.3) is 0 Å². The Hall–Kier alpha value is -2.56. The third kappa shape index (κ3) is 6.10. The molecule has 0 saturated heterocycles. The molecule has 134 valence electrons. The molecule has 2 aromatic rings. The minimum atomic E-state index is -2.72. The normalized spacial score (nSPS) is 10.7. The Morgan fingerprint density at radius 3 is 2.80 bits per heavy atom. The number of aryl methyl sites for hydroxylation is 1. The van der Waals surface area contributed by atoms with E-state index in [1.165, 1.54) is 6.07 Å². The molecule has 1 aromatic carbocycles. The number of nitrogens with one attached hydrogen (secondary N) is 1. The number of nitro groups is 1. The lowest BCUT2D eigenvalue weighted by Gasteiger charge is -2.09. The minimum Gasteiger partial charge on any atom is -0.487 e. The van der Waals surface area contributed by atoms with Gasteiger partial charge in [-0.3, -0.25) is 19.6 Å². The number of alkyl halides is 2. The molecule has 0 spiro atoms. The summed E-state index contributed by atoms with van der Waals surface area (Å²) in [6.45, 7) is -0.593. The smallest absolute Gasteiger partial charge is 0.275 e. The minimum absolute atomic E-state index is 0.0734. The van der Waals surface area contributed by atoms with E-state index < -0.39 is 23.9 Å². The molecule has 0 atom stereocenters. The van der Waals surface area contributed by atoms with Crippen molar-refractivity contribution in [1.82, 2.24) is 9.78 Å². The number of halogens is 3. The first kappa shape index (κ1) is 18.8. The van der Waals surface area contributed by atoms with E-state index in [-0.39, 0.29) is 23.5 Å². The van der Waals surface area contributed by atoms with Crippen molar-refractivity contribution in [2.24, 2.45) is 0 Å². The first-order valence-corrected chi connectivity index (χ1v) is 7.81. The van der Waals surface area contributed by atoms with E-state index in [1.807, 2.05) is 0 Å². The highest BCUT2D eigenvalue weighted by Crippen LogP contribution is 2.26. The summed E-state index contributed by atoms with van der Waals surface area (Å²) in [4.78, 5) is 22.2. The first-order valence-electron chi connectivity index (χ1n) is 7.01. The lowest BCUT2D eigenvalue weighted by molar-refractivity contribution is -0.384. The van der Waals surface area contributed by atoms with E-state index >= 15 is 0 Å². The van der Waals surface area contributed by atoms with Gasteiger partial charge in [0.15, 0.2) is 0 Å². The fraction of sp³-hybridized carbons (Fsp3) is 0.286. The zero-order chi connectivity index (χ0) is 18.4. The van der Waals surface area contributed by atoms with Gasteiger partial charge in [-0.2, -0.15) is 5.10 Å².